The molecular formula is C6H5ClFNO. The first kappa shape index (κ1) is 7.44. The maximum absolute atomic E-state index is 12.3. The summed E-state index contributed by atoms with van der Waals surface area (Å²) in [6.07, 6.45) is 1.24. The van der Waals surface area contributed by atoms with Crippen molar-refractivity contribution in [2.24, 2.45) is 0 Å². The molecule has 0 aliphatic rings. The third-order valence-electron chi connectivity index (χ3n) is 1.04. The van der Waals surface area contributed by atoms with Crippen LogP contribution in [-0.4, -0.2) is 10.1 Å². The van der Waals surface area contributed by atoms with Crippen molar-refractivity contribution in [3.63, 3.8) is 0 Å². The molecule has 1 N–H and O–H groups in total. The van der Waals surface area contributed by atoms with E-state index < -0.39 is 5.95 Å². The quantitative estimate of drug-likeness (QED) is 0.631. The summed E-state index contributed by atoms with van der Waals surface area (Å²) >= 11 is 5.34. The van der Waals surface area contributed by atoms with Crippen LogP contribution in [0, 0.1) is 5.95 Å². The summed E-state index contributed by atoms with van der Waals surface area (Å²) in [7, 11) is 0. The fourth-order valence-electron chi connectivity index (χ4n) is 0.547. The number of aliphatic hydroxyl groups excluding tert-OH is 1. The molecule has 10 heavy (non-hydrogen) atoms. The second-order valence-electron chi connectivity index (χ2n) is 1.77. The van der Waals surface area contributed by atoms with Gasteiger partial charge in [0.15, 0.2) is 0 Å². The third kappa shape index (κ3) is 1.43. The lowest BCUT2D eigenvalue weighted by Gasteiger charge is -1.95. The van der Waals surface area contributed by atoms with E-state index in [0.29, 0.717) is 5.56 Å². The molecule has 0 bridgehead atoms. The molecule has 0 spiro atoms. The SMILES string of the molecule is OCc1cnc(F)c(Cl)c1. The van der Waals surface area contributed by atoms with Gasteiger partial charge in [0.2, 0.25) is 5.95 Å². The molecule has 0 saturated carbocycles. The van der Waals surface area contributed by atoms with Crippen LogP contribution in [0.3, 0.4) is 0 Å². The fraction of sp³-hybridized carbons (Fsp3) is 0.167. The summed E-state index contributed by atoms with van der Waals surface area (Å²) < 4.78 is 12.3. The van der Waals surface area contributed by atoms with E-state index in [1.807, 2.05) is 0 Å². The van der Waals surface area contributed by atoms with Crippen molar-refractivity contribution in [2.45, 2.75) is 6.61 Å². The van der Waals surface area contributed by atoms with Gasteiger partial charge in [-0.3, -0.25) is 0 Å². The zero-order chi connectivity index (χ0) is 7.56. The van der Waals surface area contributed by atoms with Crippen LogP contribution in [0.1, 0.15) is 5.56 Å². The predicted molar refractivity (Wildman–Crippen MR) is 35.1 cm³/mol. The van der Waals surface area contributed by atoms with E-state index in [1.165, 1.54) is 12.3 Å². The molecule has 1 rings (SSSR count). The largest absolute Gasteiger partial charge is 0.392 e. The van der Waals surface area contributed by atoms with Crippen molar-refractivity contribution in [2.75, 3.05) is 0 Å². The highest BCUT2D eigenvalue weighted by atomic mass is 35.5. The molecule has 0 amide bonds. The van der Waals surface area contributed by atoms with Crippen LogP contribution in [0.25, 0.3) is 0 Å². The highest BCUT2D eigenvalue weighted by Gasteiger charge is 1.99. The number of halogens is 2. The number of rotatable bonds is 1. The molecule has 0 aliphatic heterocycles. The summed E-state index contributed by atoms with van der Waals surface area (Å²) in [6.45, 7) is -0.174. The van der Waals surface area contributed by atoms with E-state index >= 15 is 0 Å². The maximum Gasteiger partial charge on any atom is 0.231 e. The molecule has 0 saturated heterocycles. The Kier molecular flexibility index (Phi) is 2.19. The standard InChI is InChI=1S/C6H5ClFNO/c7-5-1-4(3-10)2-9-6(5)8/h1-2,10H,3H2. The highest BCUT2D eigenvalue weighted by molar-refractivity contribution is 6.30. The molecule has 54 valence electrons. The molecule has 0 aromatic carbocycles. The van der Waals surface area contributed by atoms with Gasteiger partial charge in [-0.1, -0.05) is 11.6 Å². The summed E-state index contributed by atoms with van der Waals surface area (Å²) in [5, 5.41) is 8.47. The van der Waals surface area contributed by atoms with Crippen LogP contribution in [0.4, 0.5) is 4.39 Å². The Morgan fingerprint density at radius 1 is 1.70 bits per heavy atom. The molecular weight excluding hydrogens is 157 g/mol. The van der Waals surface area contributed by atoms with Crippen LogP contribution in [0.2, 0.25) is 5.02 Å². The Morgan fingerprint density at radius 3 is 2.90 bits per heavy atom. The van der Waals surface area contributed by atoms with E-state index in [9.17, 15) is 4.39 Å². The number of hydrogen-bond acceptors (Lipinski definition) is 2. The average Bonchev–Trinajstić information content (AvgIpc) is 1.95. The second-order valence-corrected chi connectivity index (χ2v) is 2.18. The van der Waals surface area contributed by atoms with Gasteiger partial charge >= 0.3 is 0 Å². The van der Waals surface area contributed by atoms with Gasteiger partial charge in [0.25, 0.3) is 0 Å². The van der Waals surface area contributed by atoms with Gasteiger partial charge in [-0.2, -0.15) is 4.39 Å². The van der Waals surface area contributed by atoms with E-state index in [0.717, 1.165) is 0 Å². The van der Waals surface area contributed by atoms with Gasteiger partial charge < -0.3 is 5.11 Å². The Bertz CT molecular complexity index is 241. The van der Waals surface area contributed by atoms with Gasteiger partial charge in [0, 0.05) is 6.20 Å². The summed E-state index contributed by atoms with van der Waals surface area (Å²) in [5.74, 6) is -0.709. The molecule has 1 aromatic rings. The Labute approximate surface area is 62.3 Å². The maximum atomic E-state index is 12.3. The van der Waals surface area contributed by atoms with Gasteiger partial charge in [-0.25, -0.2) is 4.98 Å². The van der Waals surface area contributed by atoms with Gasteiger partial charge in [-0.15, -0.1) is 0 Å². The van der Waals surface area contributed by atoms with Crippen molar-refractivity contribution < 1.29 is 9.50 Å². The van der Waals surface area contributed by atoms with Crippen LogP contribution < -0.4 is 0 Å². The summed E-state index contributed by atoms with van der Waals surface area (Å²) in [4.78, 5) is 3.29. The zero-order valence-corrected chi connectivity index (χ0v) is 5.77. The van der Waals surface area contributed by atoms with Crippen LogP contribution >= 0.6 is 11.6 Å². The monoisotopic (exact) mass is 161 g/mol. The average molecular weight is 162 g/mol. The van der Waals surface area contributed by atoms with Gasteiger partial charge in [0.05, 0.1) is 11.6 Å². The molecule has 4 heteroatoms. The number of nitrogens with zero attached hydrogens (tertiary/aromatic N) is 1. The topological polar surface area (TPSA) is 33.1 Å². The molecule has 2 nitrogen and oxygen atoms in total. The van der Waals surface area contributed by atoms with Crippen molar-refractivity contribution in [3.8, 4) is 0 Å². The minimum atomic E-state index is -0.709. The predicted octanol–water partition coefficient (Wildman–Crippen LogP) is 1.37. The smallest absolute Gasteiger partial charge is 0.231 e. The minimum Gasteiger partial charge on any atom is -0.392 e. The molecule has 1 heterocycles. The Hall–Kier alpha value is -0.670. The van der Waals surface area contributed by atoms with Crippen LogP contribution in [0.15, 0.2) is 12.3 Å². The van der Waals surface area contributed by atoms with Crippen molar-refractivity contribution in [3.05, 3.63) is 28.8 Å². The summed E-state index contributed by atoms with van der Waals surface area (Å²) in [6, 6.07) is 1.34. The van der Waals surface area contributed by atoms with Crippen molar-refractivity contribution in [1.29, 1.82) is 0 Å². The zero-order valence-electron chi connectivity index (χ0n) is 5.01. The lowest BCUT2D eigenvalue weighted by atomic mass is 10.3. The van der Waals surface area contributed by atoms with Crippen molar-refractivity contribution in [1.82, 2.24) is 4.98 Å². The summed E-state index contributed by atoms with van der Waals surface area (Å²) in [5.41, 5.74) is 0.506. The molecule has 0 radical (unpaired) electrons. The van der Waals surface area contributed by atoms with Crippen LogP contribution in [-0.2, 0) is 6.61 Å². The lowest BCUT2D eigenvalue weighted by molar-refractivity contribution is 0.281. The number of aliphatic hydroxyl groups is 1. The fourth-order valence-corrected chi connectivity index (χ4v) is 0.736. The first-order valence-electron chi connectivity index (χ1n) is 2.65. The lowest BCUT2D eigenvalue weighted by Crippen LogP contribution is -1.88. The van der Waals surface area contributed by atoms with Crippen LogP contribution in [0.5, 0.6) is 0 Å². The minimum absolute atomic E-state index is 0.0634. The second kappa shape index (κ2) is 2.94. The molecule has 0 unspecified atom stereocenters. The van der Waals surface area contributed by atoms with Gasteiger partial charge in [-0.05, 0) is 11.6 Å². The Morgan fingerprint density at radius 2 is 2.40 bits per heavy atom. The van der Waals surface area contributed by atoms with Gasteiger partial charge in [0.1, 0.15) is 0 Å². The normalized spacial score (nSPS) is 9.90. The number of aromatic nitrogens is 1. The van der Waals surface area contributed by atoms with E-state index in [2.05, 4.69) is 4.98 Å². The van der Waals surface area contributed by atoms with E-state index in [-0.39, 0.29) is 11.6 Å². The number of hydrogen-bond donors (Lipinski definition) is 1. The molecule has 0 atom stereocenters. The molecule has 0 aliphatic carbocycles. The molecule has 1 aromatic heterocycles. The first-order chi connectivity index (χ1) is 4.74. The Balaban J connectivity index is 3.04. The highest BCUT2D eigenvalue weighted by Crippen LogP contribution is 2.12. The van der Waals surface area contributed by atoms with E-state index in [1.54, 1.807) is 0 Å². The number of pyridine rings is 1. The molecule has 0 fully saturated rings. The third-order valence-corrected chi connectivity index (χ3v) is 1.30. The van der Waals surface area contributed by atoms with Crippen molar-refractivity contribution >= 4 is 11.6 Å². The first-order valence-corrected chi connectivity index (χ1v) is 3.02. The van der Waals surface area contributed by atoms with E-state index in [4.69, 9.17) is 16.7 Å².